The standard InChI is InChI=1S/C31H29Br2N3O7/c1-4-12-42-25-11-10-22(16-26(25)41-5-2)36-30(39)23(29(38)35-31(36)40)14-19-13-20(32)15-24(33)28(19)43-17-27(37)34-21-8-6-18(3)7-9-21/h6-11,13-16H,4-5,12,17H2,1-3H3,(H,34,37)(H,35,38,40)/b23-14+. The molecule has 1 aliphatic rings. The number of hydrogen-bond acceptors (Lipinski definition) is 7. The summed E-state index contributed by atoms with van der Waals surface area (Å²) in [4.78, 5) is 52.8. The summed E-state index contributed by atoms with van der Waals surface area (Å²) in [6, 6.07) is 14.4. The summed E-state index contributed by atoms with van der Waals surface area (Å²) in [5.41, 5.74) is 1.86. The van der Waals surface area contributed by atoms with E-state index in [1.54, 1.807) is 37.3 Å². The van der Waals surface area contributed by atoms with Gasteiger partial charge in [-0.3, -0.25) is 19.7 Å². The van der Waals surface area contributed by atoms with Crippen molar-refractivity contribution in [2.24, 2.45) is 0 Å². The van der Waals surface area contributed by atoms with Crippen LogP contribution in [0.1, 0.15) is 31.4 Å². The molecule has 0 saturated carbocycles. The smallest absolute Gasteiger partial charge is 0.335 e. The highest BCUT2D eigenvalue weighted by Crippen LogP contribution is 2.36. The quantitative estimate of drug-likeness (QED) is 0.174. The van der Waals surface area contributed by atoms with Gasteiger partial charge < -0.3 is 19.5 Å². The Balaban J connectivity index is 1.63. The number of imide groups is 2. The second-order valence-electron chi connectivity index (χ2n) is 9.38. The minimum Gasteiger partial charge on any atom is -0.490 e. The average molecular weight is 715 g/mol. The van der Waals surface area contributed by atoms with Gasteiger partial charge in [0.2, 0.25) is 0 Å². The molecule has 2 N–H and O–H groups in total. The first-order valence-corrected chi connectivity index (χ1v) is 15.0. The van der Waals surface area contributed by atoms with Crippen LogP contribution < -0.4 is 29.7 Å². The zero-order chi connectivity index (χ0) is 31.1. The van der Waals surface area contributed by atoms with Gasteiger partial charge in [0.15, 0.2) is 18.1 Å². The first-order chi connectivity index (χ1) is 20.6. The summed E-state index contributed by atoms with van der Waals surface area (Å²) in [7, 11) is 0. The van der Waals surface area contributed by atoms with Crippen LogP contribution in [0, 0.1) is 6.92 Å². The third-order valence-corrected chi connectivity index (χ3v) is 7.12. The lowest BCUT2D eigenvalue weighted by Gasteiger charge is -2.27. The highest BCUT2D eigenvalue weighted by atomic mass is 79.9. The van der Waals surface area contributed by atoms with Crippen LogP contribution in [0.4, 0.5) is 16.2 Å². The molecule has 1 aliphatic heterocycles. The number of ether oxygens (including phenoxy) is 3. The summed E-state index contributed by atoms with van der Waals surface area (Å²) >= 11 is 6.84. The number of barbiturate groups is 1. The SMILES string of the molecule is CCCOc1ccc(N2C(=O)NC(=O)/C(=C\c3cc(Br)cc(Br)c3OCC(=O)Nc3ccc(C)cc3)C2=O)cc1OCC. The van der Waals surface area contributed by atoms with E-state index in [2.05, 4.69) is 42.5 Å². The molecule has 224 valence electrons. The van der Waals surface area contributed by atoms with E-state index in [-0.39, 0.29) is 23.6 Å². The van der Waals surface area contributed by atoms with Gasteiger partial charge in [-0.05, 0) is 78.7 Å². The van der Waals surface area contributed by atoms with E-state index in [9.17, 15) is 19.2 Å². The summed E-state index contributed by atoms with van der Waals surface area (Å²) in [6.07, 6.45) is 2.09. The molecule has 0 atom stereocenters. The van der Waals surface area contributed by atoms with Gasteiger partial charge in [-0.1, -0.05) is 40.5 Å². The normalized spacial score (nSPS) is 14.0. The van der Waals surface area contributed by atoms with Gasteiger partial charge in [0.25, 0.3) is 17.7 Å². The highest BCUT2D eigenvalue weighted by Gasteiger charge is 2.37. The Morgan fingerprint density at radius 2 is 1.70 bits per heavy atom. The van der Waals surface area contributed by atoms with Crippen molar-refractivity contribution >= 4 is 73.1 Å². The van der Waals surface area contributed by atoms with Crippen molar-refractivity contribution in [2.45, 2.75) is 27.2 Å². The zero-order valence-electron chi connectivity index (χ0n) is 23.7. The van der Waals surface area contributed by atoms with E-state index in [0.717, 1.165) is 16.9 Å². The molecule has 0 bridgehead atoms. The molecule has 1 fully saturated rings. The summed E-state index contributed by atoms with van der Waals surface area (Å²) in [5.74, 6) is -1.09. The number of benzene rings is 3. The number of carbonyl (C=O) groups is 4. The second kappa shape index (κ2) is 14.3. The van der Waals surface area contributed by atoms with Gasteiger partial charge in [0, 0.05) is 21.8 Å². The molecule has 12 heteroatoms. The fraction of sp³-hybridized carbons (Fsp3) is 0.226. The number of anilines is 2. The molecule has 3 aromatic carbocycles. The zero-order valence-corrected chi connectivity index (χ0v) is 26.8. The van der Waals surface area contributed by atoms with Crippen LogP contribution in [0.2, 0.25) is 0 Å². The monoisotopic (exact) mass is 713 g/mol. The molecule has 0 aliphatic carbocycles. The van der Waals surface area contributed by atoms with Crippen LogP contribution in [0.15, 0.2) is 69.1 Å². The van der Waals surface area contributed by atoms with Crippen LogP contribution in [0.5, 0.6) is 17.2 Å². The number of amides is 5. The van der Waals surface area contributed by atoms with Gasteiger partial charge in [-0.15, -0.1) is 0 Å². The van der Waals surface area contributed by atoms with E-state index in [1.807, 2.05) is 26.0 Å². The maximum absolute atomic E-state index is 13.6. The number of aryl methyl sites for hydroxylation is 1. The number of rotatable bonds is 11. The Morgan fingerprint density at radius 3 is 2.40 bits per heavy atom. The minimum atomic E-state index is -0.906. The molecule has 43 heavy (non-hydrogen) atoms. The first kappa shape index (κ1) is 31.8. The van der Waals surface area contributed by atoms with Crippen molar-refractivity contribution in [3.63, 3.8) is 0 Å². The molecule has 10 nitrogen and oxygen atoms in total. The van der Waals surface area contributed by atoms with Crippen LogP contribution in [-0.4, -0.2) is 43.6 Å². The van der Waals surface area contributed by atoms with E-state index >= 15 is 0 Å². The Morgan fingerprint density at radius 1 is 0.953 bits per heavy atom. The lowest BCUT2D eigenvalue weighted by Crippen LogP contribution is -2.54. The summed E-state index contributed by atoms with van der Waals surface area (Å²) < 4.78 is 18.3. The van der Waals surface area contributed by atoms with Gasteiger partial charge >= 0.3 is 6.03 Å². The third kappa shape index (κ3) is 7.82. The number of hydrogen-bond donors (Lipinski definition) is 2. The largest absolute Gasteiger partial charge is 0.490 e. The molecular weight excluding hydrogens is 686 g/mol. The Labute approximate surface area is 265 Å². The van der Waals surface area contributed by atoms with Crippen LogP contribution >= 0.6 is 31.9 Å². The van der Waals surface area contributed by atoms with E-state index in [4.69, 9.17) is 14.2 Å². The Bertz CT molecular complexity index is 1590. The van der Waals surface area contributed by atoms with Crippen molar-refractivity contribution < 1.29 is 33.4 Å². The second-order valence-corrected chi connectivity index (χ2v) is 11.1. The van der Waals surface area contributed by atoms with E-state index < -0.39 is 23.8 Å². The van der Waals surface area contributed by atoms with Gasteiger partial charge in [-0.2, -0.15) is 0 Å². The molecule has 4 rings (SSSR count). The van der Waals surface area contributed by atoms with Crippen molar-refractivity contribution in [3.8, 4) is 17.2 Å². The van der Waals surface area contributed by atoms with Crippen molar-refractivity contribution in [3.05, 3.63) is 80.2 Å². The fourth-order valence-electron chi connectivity index (χ4n) is 4.09. The number of halogens is 2. The predicted molar refractivity (Wildman–Crippen MR) is 170 cm³/mol. The summed E-state index contributed by atoms with van der Waals surface area (Å²) in [6.45, 7) is 6.16. The maximum Gasteiger partial charge on any atom is 0.335 e. The minimum absolute atomic E-state index is 0.188. The molecule has 1 heterocycles. The lowest BCUT2D eigenvalue weighted by atomic mass is 10.1. The van der Waals surface area contributed by atoms with Crippen LogP contribution in [-0.2, 0) is 14.4 Å². The lowest BCUT2D eigenvalue weighted by molar-refractivity contribution is -0.122. The molecule has 3 aromatic rings. The highest BCUT2D eigenvalue weighted by molar-refractivity contribution is 9.11. The molecule has 1 saturated heterocycles. The van der Waals surface area contributed by atoms with Gasteiger partial charge in [0.1, 0.15) is 11.3 Å². The van der Waals surface area contributed by atoms with Crippen LogP contribution in [0.25, 0.3) is 6.08 Å². The average Bonchev–Trinajstić information content (AvgIpc) is 2.95. The Hall–Kier alpha value is -4.16. The van der Waals surface area contributed by atoms with E-state index in [1.165, 1.54) is 18.2 Å². The maximum atomic E-state index is 13.6. The Kier molecular flexibility index (Phi) is 10.6. The molecule has 0 aromatic heterocycles. The molecular formula is C31H29Br2N3O7. The van der Waals surface area contributed by atoms with Crippen LogP contribution in [0.3, 0.4) is 0 Å². The molecule has 0 spiro atoms. The number of nitrogens with zero attached hydrogens (tertiary/aromatic N) is 1. The third-order valence-electron chi connectivity index (χ3n) is 6.07. The summed E-state index contributed by atoms with van der Waals surface area (Å²) in [5, 5.41) is 4.97. The van der Waals surface area contributed by atoms with Gasteiger partial charge in [-0.25, -0.2) is 9.69 Å². The van der Waals surface area contributed by atoms with E-state index in [0.29, 0.717) is 44.9 Å². The molecule has 0 unspecified atom stereocenters. The number of urea groups is 1. The van der Waals surface area contributed by atoms with Crippen molar-refractivity contribution in [1.29, 1.82) is 0 Å². The topological polar surface area (TPSA) is 123 Å². The van der Waals surface area contributed by atoms with Gasteiger partial charge in [0.05, 0.1) is 23.4 Å². The van der Waals surface area contributed by atoms with Crippen molar-refractivity contribution in [1.82, 2.24) is 5.32 Å². The molecule has 5 amide bonds. The molecule has 0 radical (unpaired) electrons. The predicted octanol–water partition coefficient (Wildman–Crippen LogP) is 6.39. The fourth-order valence-corrected chi connectivity index (χ4v) is 5.47. The first-order valence-electron chi connectivity index (χ1n) is 13.4. The number of carbonyl (C=O) groups excluding carboxylic acids is 4. The number of nitrogens with one attached hydrogen (secondary N) is 2. The van der Waals surface area contributed by atoms with Crippen molar-refractivity contribution in [2.75, 3.05) is 30.0 Å².